The van der Waals surface area contributed by atoms with Crippen molar-refractivity contribution in [2.75, 3.05) is 33.4 Å². The summed E-state index contributed by atoms with van der Waals surface area (Å²) in [6, 6.07) is 12.1. The van der Waals surface area contributed by atoms with Crippen molar-refractivity contribution in [3.63, 3.8) is 0 Å². The Labute approximate surface area is 178 Å². The van der Waals surface area contributed by atoms with Gasteiger partial charge in [-0.1, -0.05) is 12.1 Å². The standard InChI is InChI=1S/C23H24F3NO4/c1-29-22(14-30-15-22)17-4-2-16(3-5-17)21(28)27-12-10-20(11-13-27)31-19-8-6-18(7-9-19)23(24,25)26/h2-9,20H,10-15H2,1H3. The number of likely N-dealkylation sites (tertiary alicyclic amines) is 1. The number of piperidine rings is 1. The van der Waals surface area contributed by atoms with Gasteiger partial charge in [0.05, 0.1) is 18.8 Å². The van der Waals surface area contributed by atoms with E-state index in [2.05, 4.69) is 0 Å². The highest BCUT2D eigenvalue weighted by molar-refractivity contribution is 5.94. The van der Waals surface area contributed by atoms with Gasteiger partial charge in [-0.3, -0.25) is 4.79 Å². The molecular formula is C23H24F3NO4. The van der Waals surface area contributed by atoms with E-state index in [0.29, 0.717) is 50.5 Å². The molecule has 5 nitrogen and oxygen atoms in total. The molecule has 2 aliphatic heterocycles. The zero-order chi connectivity index (χ0) is 22.1. The van der Waals surface area contributed by atoms with Crippen LogP contribution in [-0.4, -0.2) is 50.3 Å². The van der Waals surface area contributed by atoms with Gasteiger partial charge in [-0.05, 0) is 42.0 Å². The van der Waals surface area contributed by atoms with Crippen molar-refractivity contribution >= 4 is 5.91 Å². The van der Waals surface area contributed by atoms with Crippen LogP contribution in [0, 0.1) is 0 Å². The molecule has 8 heteroatoms. The van der Waals surface area contributed by atoms with Gasteiger partial charge < -0.3 is 19.1 Å². The number of rotatable bonds is 5. The molecule has 0 aliphatic carbocycles. The summed E-state index contributed by atoms with van der Waals surface area (Å²) < 4.78 is 54.6. The number of nitrogens with zero attached hydrogens (tertiary/aromatic N) is 1. The molecule has 0 unspecified atom stereocenters. The van der Waals surface area contributed by atoms with Crippen molar-refractivity contribution in [1.29, 1.82) is 0 Å². The van der Waals surface area contributed by atoms with Gasteiger partial charge in [-0.25, -0.2) is 0 Å². The fraction of sp³-hybridized carbons (Fsp3) is 0.435. The Balaban J connectivity index is 1.31. The van der Waals surface area contributed by atoms with E-state index in [0.717, 1.165) is 17.7 Å². The number of carbonyl (C=O) groups excluding carboxylic acids is 1. The Morgan fingerprint density at radius 3 is 2.13 bits per heavy atom. The van der Waals surface area contributed by atoms with Gasteiger partial charge in [-0.15, -0.1) is 0 Å². The first-order valence-electron chi connectivity index (χ1n) is 10.2. The van der Waals surface area contributed by atoms with Crippen molar-refractivity contribution in [3.05, 3.63) is 65.2 Å². The van der Waals surface area contributed by atoms with Crippen molar-refractivity contribution in [2.24, 2.45) is 0 Å². The first-order valence-corrected chi connectivity index (χ1v) is 10.2. The topological polar surface area (TPSA) is 48.0 Å². The molecule has 0 N–H and O–H groups in total. The van der Waals surface area contributed by atoms with Gasteiger partial charge in [-0.2, -0.15) is 13.2 Å². The molecule has 4 rings (SSSR count). The Bertz CT molecular complexity index is 894. The van der Waals surface area contributed by atoms with Crippen LogP contribution in [0.15, 0.2) is 48.5 Å². The molecule has 2 aliphatic rings. The molecule has 1 amide bonds. The zero-order valence-corrected chi connectivity index (χ0v) is 17.2. The molecule has 0 saturated carbocycles. The summed E-state index contributed by atoms with van der Waals surface area (Å²) in [4.78, 5) is 14.6. The minimum Gasteiger partial charge on any atom is -0.490 e. The maximum Gasteiger partial charge on any atom is 0.416 e. The molecular weight excluding hydrogens is 411 g/mol. The largest absolute Gasteiger partial charge is 0.490 e. The average molecular weight is 435 g/mol. The predicted octanol–water partition coefficient (Wildman–Crippen LogP) is 4.26. The van der Waals surface area contributed by atoms with Crippen molar-refractivity contribution < 1.29 is 32.2 Å². The summed E-state index contributed by atoms with van der Waals surface area (Å²) in [6.45, 7) is 2.07. The quantitative estimate of drug-likeness (QED) is 0.704. The molecule has 2 heterocycles. The highest BCUT2D eigenvalue weighted by atomic mass is 19.4. The van der Waals surface area contributed by atoms with Gasteiger partial charge in [0, 0.05) is 38.6 Å². The molecule has 2 aromatic rings. The molecule has 31 heavy (non-hydrogen) atoms. The van der Waals surface area contributed by atoms with E-state index < -0.39 is 17.3 Å². The van der Waals surface area contributed by atoms with Crippen molar-refractivity contribution in [1.82, 2.24) is 4.90 Å². The van der Waals surface area contributed by atoms with E-state index in [-0.39, 0.29) is 12.0 Å². The summed E-state index contributed by atoms with van der Waals surface area (Å²) >= 11 is 0. The third-order valence-corrected chi connectivity index (χ3v) is 5.93. The lowest BCUT2D eigenvalue weighted by Gasteiger charge is -2.40. The van der Waals surface area contributed by atoms with E-state index in [1.54, 1.807) is 12.0 Å². The number of halogens is 3. The summed E-state index contributed by atoms with van der Waals surface area (Å²) in [5, 5.41) is 0. The van der Waals surface area contributed by atoms with Crippen LogP contribution in [0.25, 0.3) is 0 Å². The summed E-state index contributed by atoms with van der Waals surface area (Å²) in [6.07, 6.45) is -3.26. The van der Waals surface area contributed by atoms with Crippen LogP contribution >= 0.6 is 0 Å². The Kier molecular flexibility index (Phi) is 5.94. The van der Waals surface area contributed by atoms with Gasteiger partial charge in [0.2, 0.25) is 0 Å². The van der Waals surface area contributed by atoms with Gasteiger partial charge in [0.1, 0.15) is 17.5 Å². The summed E-state index contributed by atoms with van der Waals surface area (Å²) in [7, 11) is 1.65. The Morgan fingerprint density at radius 1 is 1.03 bits per heavy atom. The fourth-order valence-corrected chi connectivity index (χ4v) is 3.88. The SMILES string of the molecule is COC1(c2ccc(C(=O)N3CCC(Oc4ccc(C(F)(F)F)cc4)CC3)cc2)COC1. The van der Waals surface area contributed by atoms with Crippen LogP contribution in [0.5, 0.6) is 5.75 Å². The van der Waals surface area contributed by atoms with Gasteiger partial charge in [0.15, 0.2) is 0 Å². The summed E-state index contributed by atoms with van der Waals surface area (Å²) in [5.74, 6) is 0.358. The first kappa shape index (κ1) is 21.6. The molecule has 0 bridgehead atoms. The van der Waals surface area contributed by atoms with Crippen LogP contribution in [0.1, 0.15) is 34.3 Å². The monoisotopic (exact) mass is 435 g/mol. The molecule has 0 spiro atoms. The second-order valence-electron chi connectivity index (χ2n) is 7.90. The molecule has 0 aromatic heterocycles. The minimum absolute atomic E-state index is 0.0455. The number of ether oxygens (including phenoxy) is 3. The number of amides is 1. The van der Waals surface area contributed by atoms with E-state index >= 15 is 0 Å². The molecule has 0 radical (unpaired) electrons. The smallest absolute Gasteiger partial charge is 0.416 e. The Morgan fingerprint density at radius 2 is 1.65 bits per heavy atom. The van der Waals surface area contributed by atoms with E-state index in [1.807, 2.05) is 24.3 Å². The van der Waals surface area contributed by atoms with Crippen LogP contribution in [0.2, 0.25) is 0 Å². The fourth-order valence-electron chi connectivity index (χ4n) is 3.88. The minimum atomic E-state index is -4.36. The third-order valence-electron chi connectivity index (χ3n) is 5.93. The second-order valence-corrected chi connectivity index (χ2v) is 7.90. The van der Waals surface area contributed by atoms with Crippen molar-refractivity contribution in [2.45, 2.75) is 30.7 Å². The van der Waals surface area contributed by atoms with Crippen LogP contribution in [0.4, 0.5) is 13.2 Å². The van der Waals surface area contributed by atoms with Crippen LogP contribution in [-0.2, 0) is 21.3 Å². The van der Waals surface area contributed by atoms with Gasteiger partial charge >= 0.3 is 6.18 Å². The van der Waals surface area contributed by atoms with Crippen molar-refractivity contribution in [3.8, 4) is 5.75 Å². The van der Waals surface area contributed by atoms with E-state index in [1.165, 1.54) is 12.1 Å². The number of carbonyl (C=O) groups is 1. The zero-order valence-electron chi connectivity index (χ0n) is 17.2. The normalized spacial score (nSPS) is 19.0. The Hall–Kier alpha value is -2.58. The van der Waals surface area contributed by atoms with Gasteiger partial charge in [0.25, 0.3) is 5.91 Å². The second kappa shape index (κ2) is 8.51. The highest BCUT2D eigenvalue weighted by Gasteiger charge is 2.40. The number of hydrogen-bond acceptors (Lipinski definition) is 4. The maximum atomic E-state index is 12.8. The van der Waals surface area contributed by atoms with Crippen LogP contribution in [0.3, 0.4) is 0 Å². The number of hydrogen-bond donors (Lipinski definition) is 0. The lowest BCUT2D eigenvalue weighted by molar-refractivity contribution is -0.202. The summed E-state index contributed by atoms with van der Waals surface area (Å²) in [5.41, 5.74) is 0.474. The van der Waals surface area contributed by atoms with Crippen LogP contribution < -0.4 is 4.74 Å². The first-order chi connectivity index (χ1) is 14.8. The highest BCUT2D eigenvalue weighted by Crippen LogP contribution is 2.33. The number of benzene rings is 2. The predicted molar refractivity (Wildman–Crippen MR) is 107 cm³/mol. The average Bonchev–Trinajstić information content (AvgIpc) is 2.74. The molecule has 0 atom stereocenters. The molecule has 2 fully saturated rings. The lowest BCUT2D eigenvalue weighted by atomic mass is 9.91. The van der Waals surface area contributed by atoms with E-state index in [4.69, 9.17) is 14.2 Å². The molecule has 166 valence electrons. The third kappa shape index (κ3) is 4.55. The maximum absolute atomic E-state index is 12.8. The molecule has 2 aromatic carbocycles. The molecule has 2 saturated heterocycles. The number of methoxy groups -OCH3 is 1. The lowest BCUT2D eigenvalue weighted by Crippen LogP contribution is -2.48. The number of alkyl halides is 3. The van der Waals surface area contributed by atoms with E-state index in [9.17, 15) is 18.0 Å².